The van der Waals surface area contributed by atoms with Crippen LogP contribution in [0.2, 0.25) is 0 Å². The van der Waals surface area contributed by atoms with Gasteiger partial charge in [-0.25, -0.2) is 19.4 Å². The lowest BCUT2D eigenvalue weighted by Gasteiger charge is -2.45. The molecule has 1 N–H and O–H groups in total. The number of rotatable bonds is 4. The van der Waals surface area contributed by atoms with E-state index in [2.05, 4.69) is 26.3 Å². The summed E-state index contributed by atoms with van der Waals surface area (Å²) in [5.41, 5.74) is 5.50. The zero-order valence-electron chi connectivity index (χ0n) is 21.6. The molecular weight excluding hydrogens is 499 g/mol. The van der Waals surface area contributed by atoms with Crippen molar-refractivity contribution in [3.8, 4) is 11.3 Å². The molecule has 1 fully saturated rings. The first kappa shape index (κ1) is 24.1. The summed E-state index contributed by atoms with van der Waals surface area (Å²) < 4.78 is 27.6. The lowest BCUT2D eigenvalue weighted by Crippen LogP contribution is -2.44. The van der Waals surface area contributed by atoms with Gasteiger partial charge in [-0.15, -0.1) is 0 Å². The highest BCUT2D eigenvalue weighted by molar-refractivity contribution is 6.19. The predicted molar refractivity (Wildman–Crippen MR) is 144 cm³/mol. The molecule has 9 nitrogen and oxygen atoms in total. The van der Waals surface area contributed by atoms with Crippen molar-refractivity contribution in [2.45, 2.75) is 24.5 Å². The number of nitrogens with one attached hydrogen (secondary N) is 1. The first-order valence-electron chi connectivity index (χ1n) is 13.0. The molecule has 0 aliphatic carbocycles. The van der Waals surface area contributed by atoms with E-state index in [0.717, 1.165) is 35.4 Å². The van der Waals surface area contributed by atoms with Crippen molar-refractivity contribution < 1.29 is 18.7 Å². The molecule has 6 heterocycles. The van der Waals surface area contributed by atoms with Crippen molar-refractivity contribution in [3.63, 3.8) is 0 Å². The summed E-state index contributed by atoms with van der Waals surface area (Å²) >= 11 is 0. The second kappa shape index (κ2) is 9.04. The summed E-state index contributed by atoms with van der Waals surface area (Å²) in [6.45, 7) is 1.87. The average molecular weight is 527 g/mol. The Labute approximate surface area is 224 Å². The van der Waals surface area contributed by atoms with Crippen molar-refractivity contribution >= 4 is 29.3 Å². The lowest BCUT2D eigenvalue weighted by atomic mass is 9.81. The molecule has 4 aromatic rings. The Bertz CT molecular complexity index is 1660. The summed E-state index contributed by atoms with van der Waals surface area (Å²) in [5.74, 6) is -0.0398. The molecule has 39 heavy (non-hydrogen) atoms. The van der Waals surface area contributed by atoms with Gasteiger partial charge >= 0.3 is 0 Å². The van der Waals surface area contributed by atoms with Crippen LogP contribution >= 0.6 is 0 Å². The number of hydrogen-bond donors (Lipinski definition) is 1. The van der Waals surface area contributed by atoms with Crippen LogP contribution in [0.25, 0.3) is 16.9 Å². The highest BCUT2D eigenvalue weighted by Gasteiger charge is 2.43. The number of ether oxygens (including phenoxy) is 2. The van der Waals surface area contributed by atoms with E-state index in [9.17, 15) is 9.18 Å². The van der Waals surface area contributed by atoms with Gasteiger partial charge in [-0.3, -0.25) is 14.1 Å². The molecule has 7 rings (SSSR count). The Morgan fingerprint density at radius 2 is 2.00 bits per heavy atom. The molecule has 1 saturated heterocycles. The minimum absolute atomic E-state index is 0.00765. The van der Waals surface area contributed by atoms with Gasteiger partial charge in [0.1, 0.15) is 17.3 Å². The summed E-state index contributed by atoms with van der Waals surface area (Å²) in [4.78, 5) is 28.5. The summed E-state index contributed by atoms with van der Waals surface area (Å²) in [6, 6.07) is 10.6. The molecule has 0 saturated carbocycles. The minimum atomic E-state index is -0.380. The number of imidazole rings is 1. The number of fused-ring (bicyclic) bond motifs is 4. The van der Waals surface area contributed by atoms with Gasteiger partial charge in [0.15, 0.2) is 0 Å². The molecule has 1 unspecified atom stereocenters. The largest absolute Gasteiger partial charge is 0.381 e. The van der Waals surface area contributed by atoms with Gasteiger partial charge in [0.2, 0.25) is 0 Å². The third kappa shape index (κ3) is 3.86. The summed E-state index contributed by atoms with van der Waals surface area (Å²) in [7, 11) is 4.05. The molecule has 1 spiro atoms. The zero-order valence-corrected chi connectivity index (χ0v) is 21.6. The van der Waals surface area contributed by atoms with E-state index in [1.165, 1.54) is 12.1 Å². The molecule has 0 radical (unpaired) electrons. The molecule has 10 heteroatoms. The zero-order chi connectivity index (χ0) is 26.7. The average Bonchev–Trinajstić information content (AvgIpc) is 3.53. The van der Waals surface area contributed by atoms with E-state index in [0.29, 0.717) is 48.1 Å². The molecule has 3 aliphatic heterocycles. The molecule has 3 aliphatic rings. The van der Waals surface area contributed by atoms with Gasteiger partial charge in [0.25, 0.3) is 5.91 Å². The van der Waals surface area contributed by atoms with E-state index in [1.807, 2.05) is 32.3 Å². The standard InChI is InChI=1S/C29H27FN6O3/c1-35(2)23-16-39-29(8-11-38-12-9-29)20-4-6-24(34-27(20)23)33-21-5-3-18(19-14-32-28(37)26(19)21)22-15-31-25-13-17(30)7-10-36(22)25/h3-7,10,13-15,23H,8-9,11-12,16H2,1-2H3,(H,33,34). The quantitative estimate of drug-likeness (QED) is 0.419. The van der Waals surface area contributed by atoms with Crippen molar-refractivity contribution in [3.05, 3.63) is 77.0 Å². The molecule has 1 atom stereocenters. The second-order valence-corrected chi connectivity index (χ2v) is 10.4. The van der Waals surface area contributed by atoms with Gasteiger partial charge in [-0.2, -0.15) is 0 Å². The van der Waals surface area contributed by atoms with Crippen molar-refractivity contribution in [2.24, 2.45) is 4.99 Å². The van der Waals surface area contributed by atoms with Crippen LogP contribution in [0, 0.1) is 5.82 Å². The lowest BCUT2D eigenvalue weighted by molar-refractivity contribution is -0.139. The maximum Gasteiger partial charge on any atom is 0.279 e. The number of nitrogens with zero attached hydrogens (tertiary/aromatic N) is 5. The fourth-order valence-electron chi connectivity index (χ4n) is 5.88. The number of anilines is 2. The van der Waals surface area contributed by atoms with E-state index in [-0.39, 0.29) is 23.4 Å². The third-order valence-corrected chi connectivity index (χ3v) is 7.96. The van der Waals surface area contributed by atoms with E-state index < -0.39 is 0 Å². The van der Waals surface area contributed by atoms with E-state index >= 15 is 0 Å². The monoisotopic (exact) mass is 526 g/mol. The second-order valence-electron chi connectivity index (χ2n) is 10.4. The number of benzene rings is 1. The van der Waals surface area contributed by atoms with Crippen molar-refractivity contribution in [1.82, 2.24) is 19.3 Å². The number of carbonyl (C=O) groups is 1. The van der Waals surface area contributed by atoms with Gasteiger partial charge in [0.05, 0.1) is 47.1 Å². The minimum Gasteiger partial charge on any atom is -0.381 e. The van der Waals surface area contributed by atoms with Crippen LogP contribution in [0.3, 0.4) is 0 Å². The fraction of sp³-hybridized carbons (Fsp3) is 0.310. The first-order chi connectivity index (χ1) is 18.9. The maximum absolute atomic E-state index is 13.7. The molecule has 1 amide bonds. The van der Waals surface area contributed by atoms with Crippen LogP contribution in [0.15, 0.2) is 53.8 Å². The molecular formula is C29H27FN6O3. The van der Waals surface area contributed by atoms with Gasteiger partial charge < -0.3 is 14.8 Å². The van der Waals surface area contributed by atoms with E-state index in [4.69, 9.17) is 14.5 Å². The fourth-order valence-corrected chi connectivity index (χ4v) is 5.88. The number of aromatic nitrogens is 3. The van der Waals surface area contributed by atoms with Gasteiger partial charge in [-0.05, 0) is 32.3 Å². The number of hydrogen-bond acceptors (Lipinski definition) is 7. The predicted octanol–water partition coefficient (Wildman–Crippen LogP) is 4.49. The van der Waals surface area contributed by atoms with Crippen LogP contribution in [0.1, 0.15) is 46.1 Å². The van der Waals surface area contributed by atoms with Gasteiger partial charge in [0, 0.05) is 61.2 Å². The number of carbonyl (C=O) groups excluding carboxylic acids is 1. The summed E-state index contributed by atoms with van der Waals surface area (Å²) in [6.07, 6.45) is 6.48. The number of halogens is 1. The number of pyridine rings is 2. The summed E-state index contributed by atoms with van der Waals surface area (Å²) in [5, 5.41) is 3.38. The normalized spacial score (nSPS) is 19.6. The number of likely N-dealkylation sites (N-methyl/N-ethyl adjacent to an activating group) is 1. The van der Waals surface area contributed by atoms with Crippen LogP contribution in [-0.4, -0.2) is 65.3 Å². The van der Waals surface area contributed by atoms with Crippen molar-refractivity contribution in [2.75, 3.05) is 39.2 Å². The maximum atomic E-state index is 13.7. The Kier molecular flexibility index (Phi) is 5.58. The Morgan fingerprint density at radius 3 is 2.82 bits per heavy atom. The smallest absolute Gasteiger partial charge is 0.279 e. The highest BCUT2D eigenvalue weighted by Crippen LogP contribution is 2.45. The first-order valence-corrected chi connectivity index (χ1v) is 13.0. The SMILES string of the molecule is CN(C)C1COC2(CCOCC2)c2ccc(Nc3ccc(-c4cnc5cc(F)ccn45)c4c3C(=O)N=C4)nc21. The highest BCUT2D eigenvalue weighted by atomic mass is 19.1. The Hall–Kier alpha value is -3.99. The Balaban J connectivity index is 1.28. The molecule has 3 aromatic heterocycles. The number of amides is 1. The van der Waals surface area contributed by atoms with Crippen LogP contribution < -0.4 is 5.32 Å². The third-order valence-electron chi connectivity index (χ3n) is 7.96. The topological polar surface area (TPSA) is 93.3 Å². The molecule has 198 valence electrons. The molecule has 1 aromatic carbocycles. The van der Waals surface area contributed by atoms with Crippen LogP contribution in [0.4, 0.5) is 15.9 Å². The van der Waals surface area contributed by atoms with Crippen molar-refractivity contribution in [1.29, 1.82) is 0 Å². The Morgan fingerprint density at radius 1 is 1.15 bits per heavy atom. The number of aliphatic imine (C=N–C) groups is 1. The van der Waals surface area contributed by atoms with E-state index in [1.54, 1.807) is 23.0 Å². The van der Waals surface area contributed by atoms with Crippen LogP contribution in [-0.2, 0) is 15.1 Å². The van der Waals surface area contributed by atoms with Crippen LogP contribution in [0.5, 0.6) is 0 Å². The van der Waals surface area contributed by atoms with Gasteiger partial charge in [-0.1, -0.05) is 12.1 Å². The molecule has 0 bridgehead atoms.